The fourth-order valence-electron chi connectivity index (χ4n) is 2.00. The molecule has 0 saturated carbocycles. The standard InChI is InChI=1S/C15H15NO5S2/c1-8(14(18)19)16-13(17)12(23-15(16)22)6-9-4-5-10(20-2)7-11(9)21-3/h4-8H,1-3H3,(H,18,19)/b12-6-/t8-/m1/s1. The summed E-state index contributed by atoms with van der Waals surface area (Å²) in [7, 11) is 3.07. The molecule has 1 aromatic rings. The fourth-order valence-corrected chi connectivity index (χ4v) is 3.41. The summed E-state index contributed by atoms with van der Waals surface area (Å²) in [5, 5.41) is 9.08. The Labute approximate surface area is 143 Å². The third-order valence-corrected chi connectivity index (χ3v) is 4.63. The van der Waals surface area contributed by atoms with Crippen LogP contribution in [0.15, 0.2) is 23.1 Å². The highest BCUT2D eigenvalue weighted by Gasteiger charge is 2.38. The molecule has 1 heterocycles. The second-order valence-corrected chi connectivity index (χ2v) is 6.35. The van der Waals surface area contributed by atoms with Crippen molar-refractivity contribution < 1.29 is 24.2 Å². The Balaban J connectivity index is 2.36. The van der Waals surface area contributed by atoms with E-state index in [1.807, 2.05) is 0 Å². The molecule has 1 amide bonds. The Morgan fingerprint density at radius 3 is 2.65 bits per heavy atom. The minimum Gasteiger partial charge on any atom is -0.497 e. The number of amides is 1. The molecule has 1 saturated heterocycles. The van der Waals surface area contributed by atoms with Gasteiger partial charge in [-0.3, -0.25) is 9.69 Å². The van der Waals surface area contributed by atoms with Gasteiger partial charge in [0, 0.05) is 11.6 Å². The van der Waals surface area contributed by atoms with Crippen molar-refractivity contribution in [2.45, 2.75) is 13.0 Å². The highest BCUT2D eigenvalue weighted by atomic mass is 32.2. The molecule has 1 atom stereocenters. The number of carbonyl (C=O) groups is 2. The van der Waals surface area contributed by atoms with Crippen LogP contribution in [0.5, 0.6) is 11.5 Å². The number of carboxylic acid groups (broad SMARTS) is 1. The number of hydrogen-bond donors (Lipinski definition) is 1. The number of thiocarbonyl (C=S) groups is 1. The van der Waals surface area contributed by atoms with Gasteiger partial charge in [-0.05, 0) is 25.1 Å². The molecule has 1 aliphatic heterocycles. The van der Waals surface area contributed by atoms with Crippen molar-refractivity contribution in [2.24, 2.45) is 0 Å². The number of benzene rings is 1. The van der Waals surface area contributed by atoms with E-state index in [-0.39, 0.29) is 4.32 Å². The van der Waals surface area contributed by atoms with Gasteiger partial charge in [-0.2, -0.15) is 0 Å². The van der Waals surface area contributed by atoms with Crippen molar-refractivity contribution in [3.63, 3.8) is 0 Å². The summed E-state index contributed by atoms with van der Waals surface area (Å²) in [6.45, 7) is 1.42. The van der Waals surface area contributed by atoms with Crippen LogP contribution in [0.3, 0.4) is 0 Å². The number of carboxylic acids is 1. The Hall–Kier alpha value is -2.06. The van der Waals surface area contributed by atoms with Crippen molar-refractivity contribution in [3.05, 3.63) is 28.7 Å². The van der Waals surface area contributed by atoms with Crippen molar-refractivity contribution in [2.75, 3.05) is 14.2 Å². The number of carbonyl (C=O) groups excluding carboxylic acids is 1. The minimum atomic E-state index is -1.11. The number of nitrogens with zero attached hydrogens (tertiary/aromatic N) is 1. The first-order valence-electron chi connectivity index (χ1n) is 6.61. The van der Waals surface area contributed by atoms with Gasteiger partial charge in [0.1, 0.15) is 21.9 Å². The number of methoxy groups -OCH3 is 2. The van der Waals surface area contributed by atoms with Crippen LogP contribution < -0.4 is 9.47 Å². The topological polar surface area (TPSA) is 76.1 Å². The normalized spacial score (nSPS) is 17.5. The van der Waals surface area contributed by atoms with Crippen LogP contribution in [-0.2, 0) is 9.59 Å². The smallest absolute Gasteiger partial charge is 0.326 e. The third kappa shape index (κ3) is 3.48. The van der Waals surface area contributed by atoms with E-state index >= 15 is 0 Å². The Morgan fingerprint density at radius 1 is 1.39 bits per heavy atom. The van der Waals surface area contributed by atoms with E-state index in [4.69, 9.17) is 26.8 Å². The molecule has 0 radical (unpaired) electrons. The van der Waals surface area contributed by atoms with E-state index in [0.29, 0.717) is 22.0 Å². The molecule has 1 aromatic carbocycles. The molecular formula is C15H15NO5S2. The van der Waals surface area contributed by atoms with Crippen LogP contribution >= 0.6 is 24.0 Å². The average Bonchev–Trinajstić information content (AvgIpc) is 2.80. The number of aliphatic carboxylic acids is 1. The summed E-state index contributed by atoms with van der Waals surface area (Å²) in [4.78, 5) is 25.0. The first kappa shape index (κ1) is 17.3. The lowest BCUT2D eigenvalue weighted by molar-refractivity contribution is -0.144. The highest BCUT2D eigenvalue weighted by molar-refractivity contribution is 8.26. The van der Waals surface area contributed by atoms with Gasteiger partial charge in [-0.15, -0.1) is 0 Å². The molecule has 1 aliphatic rings. The second-order valence-electron chi connectivity index (χ2n) is 4.67. The Kier molecular flexibility index (Phi) is 5.27. The minimum absolute atomic E-state index is 0.226. The van der Waals surface area contributed by atoms with Gasteiger partial charge in [-0.25, -0.2) is 4.79 Å². The first-order valence-corrected chi connectivity index (χ1v) is 7.83. The van der Waals surface area contributed by atoms with E-state index in [2.05, 4.69) is 0 Å². The molecule has 0 spiro atoms. The van der Waals surface area contributed by atoms with Crippen LogP contribution in [0, 0.1) is 0 Å². The van der Waals surface area contributed by atoms with Gasteiger partial charge >= 0.3 is 5.97 Å². The zero-order valence-electron chi connectivity index (χ0n) is 12.7. The van der Waals surface area contributed by atoms with Gasteiger partial charge in [0.2, 0.25) is 0 Å². The van der Waals surface area contributed by atoms with Gasteiger partial charge in [-0.1, -0.05) is 24.0 Å². The predicted octanol–water partition coefficient (Wildman–Crippen LogP) is 2.38. The summed E-state index contributed by atoms with van der Waals surface area (Å²) in [6.07, 6.45) is 1.63. The summed E-state index contributed by atoms with van der Waals surface area (Å²) in [5.74, 6) is -0.357. The number of hydrogen-bond acceptors (Lipinski definition) is 6. The highest BCUT2D eigenvalue weighted by Crippen LogP contribution is 2.36. The van der Waals surface area contributed by atoms with E-state index in [1.54, 1.807) is 31.4 Å². The van der Waals surface area contributed by atoms with Gasteiger partial charge in [0.25, 0.3) is 5.91 Å². The molecule has 1 fully saturated rings. The fraction of sp³-hybridized carbons (Fsp3) is 0.267. The molecule has 0 unspecified atom stereocenters. The van der Waals surface area contributed by atoms with Crippen LogP contribution in [0.1, 0.15) is 12.5 Å². The monoisotopic (exact) mass is 353 g/mol. The number of thioether (sulfide) groups is 1. The van der Waals surface area contributed by atoms with E-state index in [9.17, 15) is 9.59 Å². The van der Waals surface area contributed by atoms with Crippen molar-refractivity contribution >= 4 is 46.3 Å². The predicted molar refractivity (Wildman–Crippen MR) is 91.7 cm³/mol. The molecule has 23 heavy (non-hydrogen) atoms. The molecule has 1 N–H and O–H groups in total. The second kappa shape index (κ2) is 7.01. The number of ether oxygens (including phenoxy) is 2. The molecule has 8 heteroatoms. The SMILES string of the molecule is COc1ccc(/C=C2\SC(=S)N([C@H](C)C(=O)O)C2=O)c(OC)c1. The Bertz CT molecular complexity index is 701. The molecule has 0 aliphatic carbocycles. The summed E-state index contributed by atoms with van der Waals surface area (Å²) in [5.41, 5.74) is 0.678. The maximum absolute atomic E-state index is 12.4. The van der Waals surface area contributed by atoms with Gasteiger partial charge < -0.3 is 14.6 Å². The third-order valence-electron chi connectivity index (χ3n) is 3.30. The lowest BCUT2D eigenvalue weighted by Crippen LogP contribution is -2.41. The van der Waals surface area contributed by atoms with Crippen LogP contribution in [-0.4, -0.2) is 46.5 Å². The maximum atomic E-state index is 12.4. The first-order chi connectivity index (χ1) is 10.9. The van der Waals surface area contributed by atoms with E-state index < -0.39 is 17.9 Å². The lowest BCUT2D eigenvalue weighted by atomic mass is 10.1. The molecule has 122 valence electrons. The summed E-state index contributed by atoms with van der Waals surface area (Å²) < 4.78 is 10.6. The maximum Gasteiger partial charge on any atom is 0.326 e. The zero-order chi connectivity index (χ0) is 17.1. The molecule has 0 aromatic heterocycles. The number of rotatable bonds is 5. The van der Waals surface area contributed by atoms with Crippen LogP contribution in [0.25, 0.3) is 6.08 Å². The van der Waals surface area contributed by atoms with E-state index in [1.165, 1.54) is 14.0 Å². The van der Waals surface area contributed by atoms with Crippen LogP contribution in [0.2, 0.25) is 0 Å². The molecule has 2 rings (SSSR count). The van der Waals surface area contributed by atoms with Crippen molar-refractivity contribution in [1.82, 2.24) is 4.90 Å². The van der Waals surface area contributed by atoms with Gasteiger partial charge in [0.15, 0.2) is 0 Å². The summed E-state index contributed by atoms with van der Waals surface area (Å²) in [6, 6.07) is 4.19. The lowest BCUT2D eigenvalue weighted by Gasteiger charge is -2.18. The van der Waals surface area contributed by atoms with Gasteiger partial charge in [0.05, 0.1) is 19.1 Å². The van der Waals surface area contributed by atoms with Crippen molar-refractivity contribution in [3.8, 4) is 11.5 Å². The largest absolute Gasteiger partial charge is 0.497 e. The quantitative estimate of drug-likeness (QED) is 0.643. The molecule has 6 nitrogen and oxygen atoms in total. The summed E-state index contributed by atoms with van der Waals surface area (Å²) >= 11 is 6.19. The van der Waals surface area contributed by atoms with Crippen molar-refractivity contribution in [1.29, 1.82) is 0 Å². The molecular weight excluding hydrogens is 338 g/mol. The zero-order valence-corrected chi connectivity index (χ0v) is 14.4. The molecule has 0 bridgehead atoms. The van der Waals surface area contributed by atoms with E-state index in [0.717, 1.165) is 16.7 Å². The average molecular weight is 353 g/mol. The van der Waals surface area contributed by atoms with Crippen LogP contribution in [0.4, 0.5) is 0 Å². The Morgan fingerprint density at radius 2 is 2.09 bits per heavy atom.